The van der Waals surface area contributed by atoms with Crippen LogP contribution < -0.4 is 10.6 Å². The zero-order valence-corrected chi connectivity index (χ0v) is 12.8. The predicted octanol–water partition coefficient (Wildman–Crippen LogP) is 1.82. The fourth-order valence-corrected chi connectivity index (χ4v) is 2.98. The molecule has 4 nitrogen and oxygen atoms in total. The van der Waals surface area contributed by atoms with Crippen LogP contribution in [0.4, 0.5) is 0 Å². The monoisotopic (exact) mass is 266 g/mol. The number of nitrogens with one attached hydrogen (secondary N) is 2. The lowest BCUT2D eigenvalue weighted by Crippen LogP contribution is -2.43. The first-order valence-corrected chi connectivity index (χ1v) is 7.92. The molecule has 0 spiro atoms. The van der Waals surface area contributed by atoms with Gasteiger partial charge in [0.2, 0.25) is 0 Å². The standard InChI is InChI=1S/C15H30N4/c1-4-16-15(18-13-7-5-6-8-13)17-11-14(19(2)3)12-9-10-12/h12-14H,4-11H2,1-3H3,(H2,16,17,18). The molecule has 1 atom stereocenters. The third-order valence-electron chi connectivity index (χ3n) is 4.31. The van der Waals surface area contributed by atoms with Crippen LogP contribution in [0.1, 0.15) is 45.4 Å². The van der Waals surface area contributed by atoms with Gasteiger partial charge in [-0.05, 0) is 52.6 Å². The predicted molar refractivity (Wildman–Crippen MR) is 81.6 cm³/mol. The van der Waals surface area contributed by atoms with Gasteiger partial charge in [0.1, 0.15) is 0 Å². The first-order chi connectivity index (χ1) is 9.20. The third kappa shape index (κ3) is 4.68. The highest BCUT2D eigenvalue weighted by Gasteiger charge is 2.32. The Morgan fingerprint density at radius 3 is 2.42 bits per heavy atom. The van der Waals surface area contributed by atoms with Gasteiger partial charge in [0.15, 0.2) is 5.96 Å². The smallest absolute Gasteiger partial charge is 0.191 e. The summed E-state index contributed by atoms with van der Waals surface area (Å²) >= 11 is 0. The molecule has 0 aromatic heterocycles. The van der Waals surface area contributed by atoms with Crippen LogP contribution in [0.25, 0.3) is 0 Å². The molecule has 0 bridgehead atoms. The third-order valence-corrected chi connectivity index (χ3v) is 4.31. The summed E-state index contributed by atoms with van der Waals surface area (Å²) in [4.78, 5) is 7.15. The van der Waals surface area contributed by atoms with Crippen LogP contribution in [0, 0.1) is 5.92 Å². The van der Waals surface area contributed by atoms with Crippen molar-refractivity contribution in [2.45, 2.75) is 57.5 Å². The van der Waals surface area contributed by atoms with E-state index in [4.69, 9.17) is 4.99 Å². The summed E-state index contributed by atoms with van der Waals surface area (Å²) in [5.74, 6) is 1.88. The number of hydrogen-bond donors (Lipinski definition) is 2. The van der Waals surface area contributed by atoms with Gasteiger partial charge in [0.25, 0.3) is 0 Å². The summed E-state index contributed by atoms with van der Waals surface area (Å²) < 4.78 is 0. The van der Waals surface area contributed by atoms with Crippen molar-refractivity contribution in [3.8, 4) is 0 Å². The Morgan fingerprint density at radius 2 is 1.89 bits per heavy atom. The lowest BCUT2D eigenvalue weighted by atomic mass is 10.2. The van der Waals surface area contributed by atoms with Gasteiger partial charge < -0.3 is 15.5 Å². The van der Waals surface area contributed by atoms with Gasteiger partial charge in [-0.2, -0.15) is 0 Å². The zero-order valence-electron chi connectivity index (χ0n) is 12.8. The number of nitrogens with zero attached hydrogens (tertiary/aromatic N) is 2. The molecule has 110 valence electrons. The van der Waals surface area contributed by atoms with Crippen molar-refractivity contribution in [2.75, 3.05) is 27.2 Å². The summed E-state index contributed by atoms with van der Waals surface area (Å²) in [6.07, 6.45) is 8.07. The molecule has 0 amide bonds. The van der Waals surface area contributed by atoms with E-state index >= 15 is 0 Å². The number of hydrogen-bond acceptors (Lipinski definition) is 2. The Bertz CT molecular complexity index is 289. The molecular weight excluding hydrogens is 236 g/mol. The molecule has 0 radical (unpaired) electrons. The molecule has 2 aliphatic carbocycles. The SMILES string of the molecule is CCNC(=NCC(C1CC1)N(C)C)NC1CCCC1. The van der Waals surface area contributed by atoms with Gasteiger partial charge in [0, 0.05) is 18.6 Å². The molecule has 0 aromatic carbocycles. The first-order valence-electron chi connectivity index (χ1n) is 7.92. The minimum atomic E-state index is 0.610. The molecule has 2 rings (SSSR count). The van der Waals surface area contributed by atoms with Crippen molar-refractivity contribution in [1.29, 1.82) is 0 Å². The molecule has 0 heterocycles. The lowest BCUT2D eigenvalue weighted by Gasteiger charge is -2.23. The maximum atomic E-state index is 4.81. The Kier molecular flexibility index (Phi) is 5.49. The summed E-state index contributed by atoms with van der Waals surface area (Å²) in [7, 11) is 4.35. The molecule has 0 aliphatic heterocycles. The van der Waals surface area contributed by atoms with Gasteiger partial charge in [-0.25, -0.2) is 0 Å². The summed E-state index contributed by atoms with van der Waals surface area (Å²) in [6.45, 7) is 3.99. The van der Waals surface area contributed by atoms with Crippen LogP contribution in [-0.4, -0.2) is 50.1 Å². The van der Waals surface area contributed by atoms with Crippen LogP contribution in [0.2, 0.25) is 0 Å². The Morgan fingerprint density at radius 1 is 1.21 bits per heavy atom. The second kappa shape index (κ2) is 7.13. The highest BCUT2D eigenvalue weighted by molar-refractivity contribution is 5.80. The van der Waals surface area contributed by atoms with E-state index in [2.05, 4.69) is 36.6 Å². The van der Waals surface area contributed by atoms with Crippen LogP contribution >= 0.6 is 0 Å². The van der Waals surface area contributed by atoms with Crippen molar-refractivity contribution < 1.29 is 0 Å². The van der Waals surface area contributed by atoms with Gasteiger partial charge in [-0.15, -0.1) is 0 Å². The van der Waals surface area contributed by atoms with Crippen molar-refractivity contribution in [3.63, 3.8) is 0 Å². The van der Waals surface area contributed by atoms with Crippen LogP contribution in [0.3, 0.4) is 0 Å². The quantitative estimate of drug-likeness (QED) is 0.569. The largest absolute Gasteiger partial charge is 0.357 e. The highest BCUT2D eigenvalue weighted by atomic mass is 15.2. The second-order valence-corrected chi connectivity index (χ2v) is 6.21. The van der Waals surface area contributed by atoms with Crippen LogP contribution in [0.5, 0.6) is 0 Å². The average Bonchev–Trinajstić information content (AvgIpc) is 3.06. The van der Waals surface area contributed by atoms with Crippen LogP contribution in [-0.2, 0) is 0 Å². The van der Waals surface area contributed by atoms with E-state index in [0.717, 1.165) is 25.0 Å². The van der Waals surface area contributed by atoms with E-state index in [1.807, 2.05) is 0 Å². The summed E-state index contributed by atoms with van der Waals surface area (Å²) in [6, 6.07) is 1.25. The van der Waals surface area contributed by atoms with Crippen LogP contribution in [0.15, 0.2) is 4.99 Å². The Balaban J connectivity index is 1.86. The summed E-state index contributed by atoms with van der Waals surface area (Å²) in [5.41, 5.74) is 0. The molecule has 0 saturated heterocycles. The van der Waals surface area contributed by atoms with E-state index < -0.39 is 0 Å². The Hall–Kier alpha value is -0.770. The average molecular weight is 266 g/mol. The van der Waals surface area contributed by atoms with Crippen molar-refractivity contribution in [3.05, 3.63) is 0 Å². The first kappa shape index (κ1) is 14.6. The van der Waals surface area contributed by atoms with E-state index in [1.54, 1.807) is 0 Å². The van der Waals surface area contributed by atoms with Gasteiger partial charge in [0.05, 0.1) is 6.54 Å². The van der Waals surface area contributed by atoms with E-state index in [0.29, 0.717) is 12.1 Å². The fraction of sp³-hybridized carbons (Fsp3) is 0.933. The van der Waals surface area contributed by atoms with Crippen molar-refractivity contribution >= 4 is 5.96 Å². The minimum absolute atomic E-state index is 0.610. The molecule has 2 N–H and O–H groups in total. The zero-order chi connectivity index (χ0) is 13.7. The topological polar surface area (TPSA) is 39.7 Å². The van der Waals surface area contributed by atoms with Gasteiger partial charge in [-0.1, -0.05) is 12.8 Å². The molecule has 2 saturated carbocycles. The molecule has 4 heteroatoms. The minimum Gasteiger partial charge on any atom is -0.357 e. The second-order valence-electron chi connectivity index (χ2n) is 6.21. The number of guanidine groups is 1. The number of aliphatic imine (C=N–C) groups is 1. The molecule has 0 aromatic rings. The maximum absolute atomic E-state index is 4.81. The van der Waals surface area contributed by atoms with E-state index in [9.17, 15) is 0 Å². The summed E-state index contributed by atoms with van der Waals surface area (Å²) in [5, 5.41) is 6.97. The van der Waals surface area contributed by atoms with Gasteiger partial charge in [-0.3, -0.25) is 4.99 Å². The molecule has 2 aliphatic rings. The maximum Gasteiger partial charge on any atom is 0.191 e. The molecule has 19 heavy (non-hydrogen) atoms. The molecule has 2 fully saturated rings. The van der Waals surface area contributed by atoms with Gasteiger partial charge >= 0.3 is 0 Å². The van der Waals surface area contributed by atoms with E-state index in [1.165, 1.54) is 38.5 Å². The lowest BCUT2D eigenvalue weighted by molar-refractivity contribution is 0.271. The number of rotatable bonds is 6. The van der Waals surface area contributed by atoms with E-state index in [-0.39, 0.29) is 0 Å². The molecular formula is C15H30N4. The Labute approximate surface area is 118 Å². The normalized spacial score (nSPS) is 22.8. The molecule has 1 unspecified atom stereocenters. The van der Waals surface area contributed by atoms with Crippen molar-refractivity contribution in [1.82, 2.24) is 15.5 Å². The highest BCUT2D eigenvalue weighted by Crippen LogP contribution is 2.34. The fourth-order valence-electron chi connectivity index (χ4n) is 2.98. The number of likely N-dealkylation sites (N-methyl/N-ethyl adjacent to an activating group) is 1. The van der Waals surface area contributed by atoms with Crippen molar-refractivity contribution in [2.24, 2.45) is 10.9 Å².